The highest BCUT2D eigenvalue weighted by atomic mass is 16.5. The zero-order valence-electron chi connectivity index (χ0n) is 11.2. The Balaban J connectivity index is 2.35. The number of nitrogen functional groups attached to an aromatic ring is 1. The summed E-state index contributed by atoms with van der Waals surface area (Å²) in [6, 6.07) is 5.47. The number of Topliss-reactive ketones (excluding diaryl/α,β-unsaturated/α-hetero) is 1. The van der Waals surface area contributed by atoms with Gasteiger partial charge in [0.1, 0.15) is 0 Å². The van der Waals surface area contributed by atoms with E-state index in [1.54, 1.807) is 13.2 Å². The second kappa shape index (κ2) is 7.71. The van der Waals surface area contributed by atoms with Gasteiger partial charge in [0.05, 0.1) is 0 Å². The molecule has 1 aromatic carbocycles. The lowest BCUT2D eigenvalue weighted by Gasteiger charge is -2.09. The summed E-state index contributed by atoms with van der Waals surface area (Å²) in [5.74, 6) is -0.00128. The number of hydrogen-bond acceptors (Lipinski definition) is 4. The summed E-state index contributed by atoms with van der Waals surface area (Å²) in [6.07, 6.45) is 3.32. The molecule has 0 saturated heterocycles. The van der Waals surface area contributed by atoms with Gasteiger partial charge >= 0.3 is 0 Å². The number of carbonyl (C=O) groups excluding carboxylic acids is 1. The molecular formula is C14H22N2O2. The maximum atomic E-state index is 11.2. The lowest BCUT2D eigenvalue weighted by atomic mass is 10.1. The molecule has 4 nitrogen and oxygen atoms in total. The monoisotopic (exact) mass is 250 g/mol. The first-order valence-corrected chi connectivity index (χ1v) is 6.28. The minimum atomic E-state index is -0.00128. The molecule has 0 fully saturated rings. The Morgan fingerprint density at radius 3 is 2.72 bits per heavy atom. The third-order valence-corrected chi connectivity index (χ3v) is 2.79. The van der Waals surface area contributed by atoms with E-state index in [9.17, 15) is 4.79 Å². The van der Waals surface area contributed by atoms with E-state index in [1.807, 2.05) is 12.1 Å². The SMILES string of the molecule is COCCCCCNc1ccc(C(C)=O)c(N)c1. The van der Waals surface area contributed by atoms with Crippen molar-refractivity contribution in [3.05, 3.63) is 23.8 Å². The van der Waals surface area contributed by atoms with Gasteiger partial charge in [-0.1, -0.05) is 0 Å². The molecule has 0 aromatic heterocycles. The van der Waals surface area contributed by atoms with E-state index in [4.69, 9.17) is 10.5 Å². The van der Waals surface area contributed by atoms with Gasteiger partial charge < -0.3 is 15.8 Å². The zero-order chi connectivity index (χ0) is 13.4. The number of nitrogens with two attached hydrogens (primary N) is 1. The molecule has 0 aliphatic rings. The molecule has 0 atom stereocenters. The Kier molecular flexibility index (Phi) is 6.22. The summed E-state index contributed by atoms with van der Waals surface area (Å²) in [7, 11) is 1.72. The molecule has 18 heavy (non-hydrogen) atoms. The van der Waals surface area contributed by atoms with Gasteiger partial charge in [-0.2, -0.15) is 0 Å². The van der Waals surface area contributed by atoms with E-state index in [0.717, 1.165) is 38.1 Å². The number of ketones is 1. The smallest absolute Gasteiger partial charge is 0.161 e. The number of methoxy groups -OCH3 is 1. The van der Waals surface area contributed by atoms with Gasteiger partial charge in [-0.15, -0.1) is 0 Å². The highest BCUT2D eigenvalue weighted by molar-refractivity contribution is 5.99. The number of anilines is 2. The third kappa shape index (κ3) is 4.75. The van der Waals surface area contributed by atoms with Crippen molar-refractivity contribution < 1.29 is 9.53 Å². The molecule has 100 valence electrons. The topological polar surface area (TPSA) is 64.3 Å². The minimum absolute atomic E-state index is 0.00128. The largest absolute Gasteiger partial charge is 0.398 e. The standard InChI is InChI=1S/C14H22N2O2/c1-11(17)13-7-6-12(10-14(13)15)16-8-4-3-5-9-18-2/h6-7,10,16H,3-5,8-9,15H2,1-2H3. The molecule has 0 amide bonds. The van der Waals surface area contributed by atoms with E-state index < -0.39 is 0 Å². The van der Waals surface area contributed by atoms with Crippen LogP contribution in [0.1, 0.15) is 36.5 Å². The highest BCUT2D eigenvalue weighted by Crippen LogP contribution is 2.18. The van der Waals surface area contributed by atoms with Crippen molar-refractivity contribution in [1.82, 2.24) is 0 Å². The predicted octanol–water partition coefficient (Wildman–Crippen LogP) is 2.70. The van der Waals surface area contributed by atoms with Crippen LogP contribution in [-0.4, -0.2) is 26.0 Å². The first kappa shape index (κ1) is 14.5. The Hall–Kier alpha value is -1.55. The van der Waals surface area contributed by atoms with Gasteiger partial charge in [-0.25, -0.2) is 0 Å². The average Bonchev–Trinajstić information content (AvgIpc) is 2.33. The number of benzene rings is 1. The molecule has 0 bridgehead atoms. The molecule has 0 spiro atoms. The van der Waals surface area contributed by atoms with Crippen LogP contribution < -0.4 is 11.1 Å². The van der Waals surface area contributed by atoms with Crippen LogP contribution in [0.15, 0.2) is 18.2 Å². The zero-order valence-corrected chi connectivity index (χ0v) is 11.2. The second-order valence-electron chi connectivity index (χ2n) is 4.34. The normalized spacial score (nSPS) is 10.3. The van der Waals surface area contributed by atoms with Gasteiger partial charge in [-0.3, -0.25) is 4.79 Å². The minimum Gasteiger partial charge on any atom is -0.398 e. The van der Waals surface area contributed by atoms with E-state index in [1.165, 1.54) is 6.92 Å². The fourth-order valence-corrected chi connectivity index (χ4v) is 1.77. The van der Waals surface area contributed by atoms with Crippen molar-refractivity contribution in [1.29, 1.82) is 0 Å². The fraction of sp³-hybridized carbons (Fsp3) is 0.500. The summed E-state index contributed by atoms with van der Waals surface area (Å²) in [5, 5.41) is 3.30. The second-order valence-corrected chi connectivity index (χ2v) is 4.34. The van der Waals surface area contributed by atoms with E-state index in [0.29, 0.717) is 11.3 Å². The van der Waals surface area contributed by atoms with Crippen molar-refractivity contribution in [3.8, 4) is 0 Å². The quantitative estimate of drug-likeness (QED) is 0.423. The molecule has 0 saturated carbocycles. The lowest BCUT2D eigenvalue weighted by Crippen LogP contribution is -2.05. The van der Waals surface area contributed by atoms with E-state index in [2.05, 4.69) is 5.32 Å². The first-order chi connectivity index (χ1) is 8.65. The van der Waals surface area contributed by atoms with Crippen molar-refractivity contribution in [2.75, 3.05) is 31.3 Å². The number of ether oxygens (including phenoxy) is 1. The molecule has 3 N–H and O–H groups in total. The molecular weight excluding hydrogens is 228 g/mol. The van der Waals surface area contributed by atoms with E-state index >= 15 is 0 Å². The lowest BCUT2D eigenvalue weighted by molar-refractivity contribution is 0.101. The van der Waals surface area contributed by atoms with Crippen molar-refractivity contribution in [3.63, 3.8) is 0 Å². The summed E-state index contributed by atoms with van der Waals surface area (Å²) >= 11 is 0. The number of nitrogens with one attached hydrogen (secondary N) is 1. The van der Waals surface area contributed by atoms with Crippen LogP contribution in [0.4, 0.5) is 11.4 Å². The molecule has 0 heterocycles. The molecule has 0 aliphatic carbocycles. The summed E-state index contributed by atoms with van der Waals surface area (Å²) in [4.78, 5) is 11.2. The molecule has 1 aromatic rings. The third-order valence-electron chi connectivity index (χ3n) is 2.79. The van der Waals surface area contributed by atoms with Gasteiger partial charge in [0.15, 0.2) is 5.78 Å². The van der Waals surface area contributed by atoms with Crippen LogP contribution in [0.5, 0.6) is 0 Å². The Labute approximate surface area is 109 Å². The van der Waals surface area contributed by atoms with Gasteiger partial charge in [0.25, 0.3) is 0 Å². The molecule has 4 heteroatoms. The van der Waals surface area contributed by atoms with Gasteiger partial charge in [-0.05, 0) is 44.4 Å². The van der Waals surface area contributed by atoms with Crippen LogP contribution in [0.3, 0.4) is 0 Å². The molecule has 0 unspecified atom stereocenters. The van der Waals surface area contributed by atoms with Crippen LogP contribution in [0, 0.1) is 0 Å². The van der Waals surface area contributed by atoms with Crippen molar-refractivity contribution in [2.24, 2.45) is 0 Å². The number of carbonyl (C=O) groups is 1. The van der Waals surface area contributed by atoms with Crippen LogP contribution in [0.2, 0.25) is 0 Å². The van der Waals surface area contributed by atoms with Crippen molar-refractivity contribution >= 4 is 17.2 Å². The number of hydrogen-bond donors (Lipinski definition) is 2. The van der Waals surface area contributed by atoms with E-state index in [-0.39, 0.29) is 5.78 Å². The fourth-order valence-electron chi connectivity index (χ4n) is 1.77. The number of rotatable bonds is 8. The van der Waals surface area contributed by atoms with Crippen LogP contribution in [-0.2, 0) is 4.74 Å². The van der Waals surface area contributed by atoms with Crippen LogP contribution in [0.25, 0.3) is 0 Å². The van der Waals surface area contributed by atoms with Gasteiger partial charge in [0, 0.05) is 37.2 Å². The summed E-state index contributed by atoms with van der Waals surface area (Å²) in [6.45, 7) is 3.25. The Morgan fingerprint density at radius 2 is 2.11 bits per heavy atom. The summed E-state index contributed by atoms with van der Waals surface area (Å²) in [5.41, 5.74) is 7.90. The van der Waals surface area contributed by atoms with Gasteiger partial charge in [0.2, 0.25) is 0 Å². The molecule has 1 rings (SSSR count). The highest BCUT2D eigenvalue weighted by Gasteiger charge is 2.04. The molecule has 0 aliphatic heterocycles. The number of unbranched alkanes of at least 4 members (excludes halogenated alkanes) is 2. The maximum Gasteiger partial charge on any atom is 0.161 e. The Morgan fingerprint density at radius 1 is 1.33 bits per heavy atom. The first-order valence-electron chi connectivity index (χ1n) is 6.28. The molecule has 0 radical (unpaired) electrons. The maximum absolute atomic E-state index is 11.2. The van der Waals surface area contributed by atoms with Crippen molar-refractivity contribution in [2.45, 2.75) is 26.2 Å². The Bertz CT molecular complexity index is 391. The predicted molar refractivity (Wildman–Crippen MR) is 75.1 cm³/mol. The van der Waals surface area contributed by atoms with Crippen LogP contribution >= 0.6 is 0 Å². The average molecular weight is 250 g/mol. The summed E-state index contributed by atoms with van der Waals surface area (Å²) < 4.78 is 4.99.